The van der Waals surface area contributed by atoms with E-state index in [1.54, 1.807) is 18.7 Å². The maximum Gasteiger partial charge on any atom is 0.490 e. The standard InChI is InChI=1S/C18H29N3O4S.C2HF3O2/c1-14-11-15(2)18(16(3)12-14)26(23,24)21(9-10-25-4)13-17(22)20-7-5-19-6-8-20;3-2(4,5)1(6)7/h11-12,19H,5-10,13H2,1-4H3;(H,6,7). The van der Waals surface area contributed by atoms with Crippen LogP contribution in [-0.4, -0.2) is 93.8 Å². The number of aryl methyl sites for hydroxylation is 3. The molecule has 1 saturated heterocycles. The Morgan fingerprint density at radius 2 is 1.64 bits per heavy atom. The van der Waals surface area contributed by atoms with E-state index < -0.39 is 22.2 Å². The SMILES string of the molecule is COCCN(CC(=O)N1CCNCC1)S(=O)(=O)c1c(C)cc(C)cc1C.O=C(O)C(F)(F)F. The van der Waals surface area contributed by atoms with Crippen molar-refractivity contribution in [2.24, 2.45) is 0 Å². The Morgan fingerprint density at radius 1 is 1.15 bits per heavy atom. The van der Waals surface area contributed by atoms with Gasteiger partial charge in [0.25, 0.3) is 0 Å². The number of halogens is 3. The molecule has 2 rings (SSSR count). The first-order chi connectivity index (χ1) is 15.2. The summed E-state index contributed by atoms with van der Waals surface area (Å²) in [4.78, 5) is 23.5. The minimum Gasteiger partial charge on any atom is -0.475 e. The number of nitrogens with zero attached hydrogens (tertiary/aromatic N) is 2. The molecule has 0 saturated carbocycles. The molecule has 1 amide bonds. The number of methoxy groups -OCH3 is 1. The highest BCUT2D eigenvalue weighted by molar-refractivity contribution is 7.89. The number of nitrogens with one attached hydrogen (secondary N) is 1. The van der Waals surface area contributed by atoms with E-state index in [4.69, 9.17) is 14.6 Å². The number of hydrogen-bond donors (Lipinski definition) is 2. The number of hydrogen-bond acceptors (Lipinski definition) is 6. The lowest BCUT2D eigenvalue weighted by molar-refractivity contribution is -0.192. The van der Waals surface area contributed by atoms with Gasteiger partial charge in [0.1, 0.15) is 0 Å². The second-order valence-corrected chi connectivity index (χ2v) is 9.37. The molecule has 1 heterocycles. The van der Waals surface area contributed by atoms with E-state index in [0.29, 0.717) is 24.2 Å². The molecule has 1 fully saturated rings. The number of sulfonamides is 1. The van der Waals surface area contributed by atoms with Crippen LogP contribution in [0, 0.1) is 20.8 Å². The zero-order valence-corrected chi connectivity index (χ0v) is 19.8. The maximum atomic E-state index is 13.3. The van der Waals surface area contributed by atoms with Crippen LogP contribution in [0.3, 0.4) is 0 Å². The highest BCUT2D eigenvalue weighted by Gasteiger charge is 2.38. The summed E-state index contributed by atoms with van der Waals surface area (Å²) in [6.07, 6.45) is -5.08. The molecule has 188 valence electrons. The summed E-state index contributed by atoms with van der Waals surface area (Å²) in [5.41, 5.74) is 2.40. The number of benzene rings is 1. The molecule has 33 heavy (non-hydrogen) atoms. The average molecular weight is 498 g/mol. The van der Waals surface area contributed by atoms with Gasteiger partial charge in [-0.2, -0.15) is 17.5 Å². The van der Waals surface area contributed by atoms with Gasteiger partial charge in [-0.15, -0.1) is 0 Å². The van der Waals surface area contributed by atoms with Crippen molar-refractivity contribution in [3.8, 4) is 0 Å². The number of carboxylic acid groups (broad SMARTS) is 1. The van der Waals surface area contributed by atoms with Crippen LogP contribution in [-0.2, 0) is 24.3 Å². The molecule has 1 aromatic rings. The molecule has 2 N–H and O–H groups in total. The van der Waals surface area contributed by atoms with Crippen LogP contribution in [0.5, 0.6) is 0 Å². The lowest BCUT2D eigenvalue weighted by atomic mass is 10.1. The van der Waals surface area contributed by atoms with Crippen molar-refractivity contribution >= 4 is 21.9 Å². The summed E-state index contributed by atoms with van der Waals surface area (Å²) in [5, 5.41) is 10.3. The van der Waals surface area contributed by atoms with Crippen LogP contribution < -0.4 is 5.32 Å². The summed E-state index contributed by atoms with van der Waals surface area (Å²) >= 11 is 0. The summed E-state index contributed by atoms with van der Waals surface area (Å²) in [6, 6.07) is 3.71. The van der Waals surface area contributed by atoms with Crippen molar-refractivity contribution in [1.82, 2.24) is 14.5 Å². The molecule has 1 aliphatic heterocycles. The highest BCUT2D eigenvalue weighted by atomic mass is 32.2. The molecular weight excluding hydrogens is 467 g/mol. The molecule has 0 atom stereocenters. The van der Waals surface area contributed by atoms with Gasteiger partial charge in [-0.25, -0.2) is 13.2 Å². The van der Waals surface area contributed by atoms with Gasteiger partial charge >= 0.3 is 12.1 Å². The first-order valence-electron chi connectivity index (χ1n) is 10.1. The van der Waals surface area contributed by atoms with Crippen molar-refractivity contribution in [3.05, 3.63) is 28.8 Å². The summed E-state index contributed by atoms with van der Waals surface area (Å²) in [6.45, 7) is 8.38. The Kier molecular flexibility index (Phi) is 10.7. The average Bonchev–Trinajstić information content (AvgIpc) is 2.70. The third-order valence-electron chi connectivity index (χ3n) is 4.77. The largest absolute Gasteiger partial charge is 0.490 e. The molecule has 1 aromatic carbocycles. The molecule has 0 aliphatic carbocycles. The number of carboxylic acids is 1. The van der Waals surface area contributed by atoms with E-state index in [1.807, 2.05) is 19.1 Å². The van der Waals surface area contributed by atoms with Crippen LogP contribution in [0.4, 0.5) is 13.2 Å². The zero-order chi connectivity index (χ0) is 25.4. The van der Waals surface area contributed by atoms with Crippen molar-refractivity contribution in [2.45, 2.75) is 31.8 Å². The maximum absolute atomic E-state index is 13.3. The minimum absolute atomic E-state index is 0.142. The van der Waals surface area contributed by atoms with E-state index >= 15 is 0 Å². The lowest BCUT2D eigenvalue weighted by Crippen LogP contribution is -2.50. The predicted molar refractivity (Wildman–Crippen MR) is 114 cm³/mol. The van der Waals surface area contributed by atoms with Gasteiger partial charge in [0, 0.05) is 39.8 Å². The second kappa shape index (κ2) is 12.3. The third-order valence-corrected chi connectivity index (χ3v) is 6.92. The van der Waals surface area contributed by atoms with E-state index in [9.17, 15) is 26.4 Å². The van der Waals surface area contributed by atoms with E-state index in [1.165, 1.54) is 11.4 Å². The molecule has 0 radical (unpaired) electrons. The Labute approximate surface area is 191 Å². The van der Waals surface area contributed by atoms with Crippen LogP contribution in [0.2, 0.25) is 0 Å². The van der Waals surface area contributed by atoms with Gasteiger partial charge in [0.2, 0.25) is 15.9 Å². The van der Waals surface area contributed by atoms with Gasteiger partial charge in [-0.3, -0.25) is 4.79 Å². The lowest BCUT2D eigenvalue weighted by Gasteiger charge is -2.30. The number of piperazine rings is 1. The van der Waals surface area contributed by atoms with Crippen LogP contribution in [0.15, 0.2) is 17.0 Å². The van der Waals surface area contributed by atoms with Crippen LogP contribution >= 0.6 is 0 Å². The molecular formula is C20H30F3N3O6S. The molecule has 13 heteroatoms. The fraction of sp³-hybridized carbons (Fsp3) is 0.600. The van der Waals surface area contributed by atoms with Crippen molar-refractivity contribution in [3.63, 3.8) is 0 Å². The van der Waals surface area contributed by atoms with E-state index in [2.05, 4.69) is 5.32 Å². The highest BCUT2D eigenvalue weighted by Crippen LogP contribution is 2.25. The molecule has 0 aromatic heterocycles. The van der Waals surface area contributed by atoms with Crippen LogP contribution in [0.1, 0.15) is 16.7 Å². The monoisotopic (exact) mass is 497 g/mol. The Bertz CT molecular complexity index is 908. The molecule has 0 unspecified atom stereocenters. The summed E-state index contributed by atoms with van der Waals surface area (Å²) in [7, 11) is -2.28. The zero-order valence-electron chi connectivity index (χ0n) is 19.0. The molecule has 0 spiro atoms. The Balaban J connectivity index is 0.000000675. The number of carbonyl (C=O) groups is 2. The summed E-state index contributed by atoms with van der Waals surface area (Å²) < 4.78 is 64.6. The first kappa shape index (κ1) is 28.8. The van der Waals surface area contributed by atoms with Crippen molar-refractivity contribution in [1.29, 1.82) is 0 Å². The number of rotatable bonds is 7. The van der Waals surface area contributed by atoms with Gasteiger partial charge < -0.3 is 20.1 Å². The van der Waals surface area contributed by atoms with Gasteiger partial charge in [-0.1, -0.05) is 17.7 Å². The Hall–Kier alpha value is -2.22. The van der Waals surface area contributed by atoms with E-state index in [-0.39, 0.29) is 30.5 Å². The topological polar surface area (TPSA) is 116 Å². The smallest absolute Gasteiger partial charge is 0.475 e. The third kappa shape index (κ3) is 8.57. The number of carbonyl (C=O) groups excluding carboxylic acids is 1. The van der Waals surface area contributed by atoms with Crippen LogP contribution in [0.25, 0.3) is 0 Å². The van der Waals surface area contributed by atoms with Gasteiger partial charge in [0.05, 0.1) is 18.0 Å². The predicted octanol–water partition coefficient (Wildman–Crippen LogP) is 1.31. The fourth-order valence-electron chi connectivity index (χ4n) is 3.35. The Morgan fingerprint density at radius 3 is 2.06 bits per heavy atom. The summed E-state index contributed by atoms with van der Waals surface area (Å²) in [5.74, 6) is -2.93. The quantitative estimate of drug-likeness (QED) is 0.584. The van der Waals surface area contributed by atoms with Gasteiger partial charge in [-0.05, 0) is 31.9 Å². The van der Waals surface area contributed by atoms with Gasteiger partial charge in [0.15, 0.2) is 0 Å². The first-order valence-corrected chi connectivity index (χ1v) is 11.5. The fourth-order valence-corrected chi connectivity index (χ4v) is 5.13. The minimum atomic E-state index is -5.08. The van der Waals surface area contributed by atoms with Crippen molar-refractivity contribution in [2.75, 3.05) is 53.0 Å². The normalized spacial score (nSPS) is 14.6. The molecule has 0 bridgehead atoms. The number of amides is 1. The van der Waals surface area contributed by atoms with Crippen molar-refractivity contribution < 1.29 is 41.0 Å². The molecule has 1 aliphatic rings. The second-order valence-electron chi connectivity index (χ2n) is 7.49. The number of ether oxygens (including phenoxy) is 1. The molecule has 9 nitrogen and oxygen atoms in total. The number of alkyl halides is 3. The number of aliphatic carboxylic acids is 1. The van der Waals surface area contributed by atoms with E-state index in [0.717, 1.165) is 18.7 Å².